The van der Waals surface area contributed by atoms with E-state index in [0.717, 1.165) is 59.4 Å². The minimum atomic E-state index is -0.362. The molecular weight excluding hydrogens is 450 g/mol. The molecule has 0 spiro atoms. The van der Waals surface area contributed by atoms with Crippen molar-refractivity contribution in [2.45, 2.75) is 44.3 Å². The fourth-order valence-electron chi connectivity index (χ4n) is 3.78. The Morgan fingerprint density at radius 2 is 2.06 bits per heavy atom. The summed E-state index contributed by atoms with van der Waals surface area (Å²) in [7, 11) is 3.91. The topological polar surface area (TPSA) is 81.6 Å². The maximum atomic E-state index is 12.2. The largest absolute Gasteiger partial charge is 0.465 e. The Morgan fingerprint density at radius 1 is 1.24 bits per heavy atom. The van der Waals surface area contributed by atoms with Crippen molar-refractivity contribution in [2.75, 3.05) is 31.4 Å². The third-order valence-electron chi connectivity index (χ3n) is 5.92. The maximum Gasteiger partial charge on any atom is 0.322 e. The molecule has 0 radical (unpaired) electrons. The molecule has 0 unspecified atom stereocenters. The molecular formula is C26H31N3O4S. The van der Waals surface area contributed by atoms with Crippen molar-refractivity contribution in [3.8, 4) is 11.5 Å². The second kappa shape index (κ2) is 10.5. The van der Waals surface area contributed by atoms with Gasteiger partial charge in [0.15, 0.2) is 0 Å². The van der Waals surface area contributed by atoms with Gasteiger partial charge >= 0.3 is 5.97 Å². The molecule has 1 saturated carbocycles. The molecule has 0 atom stereocenters. The summed E-state index contributed by atoms with van der Waals surface area (Å²) >= 11 is 1.66. The highest BCUT2D eigenvalue weighted by Gasteiger charge is 2.45. The van der Waals surface area contributed by atoms with Gasteiger partial charge in [-0.05, 0) is 63.5 Å². The van der Waals surface area contributed by atoms with Crippen LogP contribution in [-0.2, 0) is 16.0 Å². The van der Waals surface area contributed by atoms with Crippen molar-refractivity contribution < 1.29 is 18.4 Å². The molecule has 1 aliphatic carbocycles. The van der Waals surface area contributed by atoms with Crippen LogP contribution in [0.3, 0.4) is 0 Å². The number of anilines is 1. The molecule has 1 fully saturated rings. The number of carbonyl (C=O) groups excluding carboxylic acids is 1. The van der Waals surface area contributed by atoms with Crippen LogP contribution in [0.15, 0.2) is 45.4 Å². The van der Waals surface area contributed by atoms with Gasteiger partial charge < -0.3 is 18.5 Å². The average molecular weight is 482 g/mol. The number of pyridine rings is 1. The first-order valence-corrected chi connectivity index (χ1v) is 12.6. The van der Waals surface area contributed by atoms with Crippen LogP contribution >= 0.6 is 11.8 Å². The highest BCUT2D eigenvalue weighted by molar-refractivity contribution is 8.01. The highest BCUT2D eigenvalue weighted by atomic mass is 32.2. The number of hydrogen-bond donors (Lipinski definition) is 0. The number of nitrogens with zero attached hydrogens (tertiary/aromatic N) is 3. The zero-order chi connectivity index (χ0) is 24.1. The first-order valence-electron chi connectivity index (χ1n) is 11.6. The van der Waals surface area contributed by atoms with Gasteiger partial charge in [-0.25, -0.2) is 9.97 Å². The molecule has 0 N–H and O–H groups in total. The van der Waals surface area contributed by atoms with Crippen LogP contribution in [-0.4, -0.2) is 47.1 Å². The lowest BCUT2D eigenvalue weighted by atomic mass is 9.84. The summed E-state index contributed by atoms with van der Waals surface area (Å²) < 4.78 is 16.7. The van der Waals surface area contributed by atoms with Crippen molar-refractivity contribution in [2.24, 2.45) is 0 Å². The number of hydrogen-bond acceptors (Lipinski definition) is 8. The van der Waals surface area contributed by atoms with Gasteiger partial charge in [0, 0.05) is 26.0 Å². The van der Waals surface area contributed by atoms with Crippen molar-refractivity contribution >= 4 is 29.6 Å². The summed E-state index contributed by atoms with van der Waals surface area (Å²) in [6.45, 7) is 4.19. The Kier molecular flexibility index (Phi) is 7.46. The molecule has 0 aromatic carbocycles. The Balaban J connectivity index is 1.34. The lowest BCUT2D eigenvalue weighted by Gasteiger charge is -2.38. The van der Waals surface area contributed by atoms with Gasteiger partial charge in [-0.1, -0.05) is 6.08 Å². The fourth-order valence-corrected chi connectivity index (χ4v) is 5.04. The van der Waals surface area contributed by atoms with Crippen LogP contribution in [0.4, 0.5) is 5.82 Å². The molecule has 0 saturated heterocycles. The van der Waals surface area contributed by atoms with Gasteiger partial charge in [0.05, 0.1) is 24.3 Å². The van der Waals surface area contributed by atoms with Gasteiger partial charge in [0.25, 0.3) is 0 Å². The predicted octanol–water partition coefficient (Wildman–Crippen LogP) is 5.53. The molecule has 3 aromatic heterocycles. The number of furan rings is 1. The first-order chi connectivity index (χ1) is 16.4. The number of carbonyl (C=O) groups is 1. The van der Waals surface area contributed by atoms with E-state index < -0.39 is 0 Å². The lowest BCUT2D eigenvalue weighted by Crippen LogP contribution is -2.43. The van der Waals surface area contributed by atoms with Gasteiger partial charge in [-0.2, -0.15) is 0 Å². The lowest BCUT2D eigenvalue weighted by molar-refractivity contribution is -0.148. The van der Waals surface area contributed by atoms with Crippen LogP contribution in [0.2, 0.25) is 0 Å². The van der Waals surface area contributed by atoms with E-state index in [1.165, 1.54) is 0 Å². The van der Waals surface area contributed by atoms with E-state index >= 15 is 0 Å². The van der Waals surface area contributed by atoms with E-state index in [1.54, 1.807) is 18.0 Å². The van der Waals surface area contributed by atoms with Crippen LogP contribution in [0, 0.1) is 6.92 Å². The summed E-state index contributed by atoms with van der Waals surface area (Å²) in [5.41, 5.74) is 1.68. The van der Waals surface area contributed by atoms with Crippen molar-refractivity contribution in [1.82, 2.24) is 9.97 Å². The van der Waals surface area contributed by atoms with E-state index in [2.05, 4.69) is 9.97 Å². The van der Waals surface area contributed by atoms with Crippen molar-refractivity contribution in [3.05, 3.63) is 59.5 Å². The molecule has 34 heavy (non-hydrogen) atoms. The van der Waals surface area contributed by atoms with Gasteiger partial charge in [0.2, 0.25) is 5.89 Å². The third kappa shape index (κ3) is 5.38. The number of thioether (sulfide) groups is 1. The average Bonchev–Trinajstić information content (AvgIpc) is 3.39. The Labute approximate surface area is 204 Å². The maximum absolute atomic E-state index is 12.2. The Bertz CT molecular complexity index is 1140. The molecule has 0 amide bonds. The summed E-state index contributed by atoms with van der Waals surface area (Å²) in [6, 6.07) is 7.81. The number of rotatable bonds is 10. The molecule has 7 nitrogen and oxygen atoms in total. The molecule has 3 aromatic rings. The Hall–Kier alpha value is -3.00. The van der Waals surface area contributed by atoms with E-state index in [-0.39, 0.29) is 10.7 Å². The van der Waals surface area contributed by atoms with Gasteiger partial charge in [-0.15, -0.1) is 11.8 Å². The standard InChI is InChI=1S/C26H31N3O4S/c1-5-31-25(30)26(13-7-14-26)34-15-6-8-20-10-11-21(33-20)16-22-18(2)32-24(28-22)19-9-12-23(27-17-19)29(3)4/h6,8-12,17H,5,7,13-16H2,1-4H3. The van der Waals surface area contributed by atoms with Gasteiger partial charge in [0.1, 0.15) is 27.8 Å². The number of esters is 1. The molecule has 1 aliphatic rings. The van der Waals surface area contributed by atoms with Crippen LogP contribution in [0.25, 0.3) is 17.5 Å². The number of oxazole rings is 1. The SMILES string of the molecule is CCOC(=O)C1(SCC=Cc2ccc(Cc3nc(-c4ccc(N(C)C)nc4)oc3C)o2)CCC1. The summed E-state index contributed by atoms with van der Waals surface area (Å²) in [6.07, 6.45) is 9.18. The molecule has 0 bridgehead atoms. The summed E-state index contributed by atoms with van der Waals surface area (Å²) in [4.78, 5) is 23.3. The summed E-state index contributed by atoms with van der Waals surface area (Å²) in [5.74, 6) is 4.46. The quantitative estimate of drug-likeness (QED) is 0.350. The van der Waals surface area contributed by atoms with E-state index in [0.29, 0.717) is 18.9 Å². The molecule has 0 aliphatic heterocycles. The molecule has 4 rings (SSSR count). The normalized spacial score (nSPS) is 14.8. The first kappa shape index (κ1) is 24.1. The molecule has 8 heteroatoms. The van der Waals surface area contributed by atoms with Crippen LogP contribution in [0.5, 0.6) is 0 Å². The number of aryl methyl sites for hydroxylation is 1. The van der Waals surface area contributed by atoms with Crippen LogP contribution < -0.4 is 4.90 Å². The Morgan fingerprint density at radius 3 is 2.71 bits per heavy atom. The monoisotopic (exact) mass is 481 g/mol. The molecule has 180 valence electrons. The second-order valence-electron chi connectivity index (χ2n) is 8.58. The second-order valence-corrected chi connectivity index (χ2v) is 9.99. The highest BCUT2D eigenvalue weighted by Crippen LogP contribution is 2.45. The van der Waals surface area contributed by atoms with E-state index in [9.17, 15) is 4.79 Å². The van der Waals surface area contributed by atoms with Crippen molar-refractivity contribution in [3.63, 3.8) is 0 Å². The van der Waals surface area contributed by atoms with E-state index in [1.807, 2.05) is 69.3 Å². The van der Waals surface area contributed by atoms with Gasteiger partial charge in [-0.3, -0.25) is 4.79 Å². The number of aromatic nitrogens is 2. The van der Waals surface area contributed by atoms with Crippen molar-refractivity contribution in [1.29, 1.82) is 0 Å². The molecule has 3 heterocycles. The zero-order valence-corrected chi connectivity index (χ0v) is 21.0. The van der Waals surface area contributed by atoms with Crippen LogP contribution in [0.1, 0.15) is 49.2 Å². The minimum absolute atomic E-state index is 0.0771. The predicted molar refractivity (Wildman–Crippen MR) is 135 cm³/mol. The third-order valence-corrected chi connectivity index (χ3v) is 7.40. The smallest absolute Gasteiger partial charge is 0.322 e. The minimum Gasteiger partial charge on any atom is -0.465 e. The zero-order valence-electron chi connectivity index (χ0n) is 20.2. The number of ether oxygens (including phenoxy) is 1. The fraction of sp³-hybridized carbons (Fsp3) is 0.423. The summed E-state index contributed by atoms with van der Waals surface area (Å²) in [5, 5.41) is 0. The van der Waals surface area contributed by atoms with E-state index in [4.69, 9.17) is 13.6 Å².